The summed E-state index contributed by atoms with van der Waals surface area (Å²) in [5.41, 5.74) is 1.63. The van der Waals surface area contributed by atoms with Crippen LogP contribution in [0.2, 0.25) is 5.02 Å². The van der Waals surface area contributed by atoms with Gasteiger partial charge in [-0.1, -0.05) is 29.8 Å². The molecule has 0 amide bonds. The van der Waals surface area contributed by atoms with Crippen molar-refractivity contribution >= 4 is 29.9 Å². The molecule has 0 fully saturated rings. The molecule has 0 saturated heterocycles. The zero-order valence-electron chi connectivity index (χ0n) is 17.3. The number of esters is 2. The van der Waals surface area contributed by atoms with E-state index in [1.165, 1.54) is 0 Å². The molecule has 156 valence electrons. The van der Waals surface area contributed by atoms with Crippen molar-refractivity contribution in [3.63, 3.8) is 0 Å². The maximum atomic E-state index is 13.0. The van der Waals surface area contributed by atoms with Gasteiger partial charge in [-0.25, -0.2) is 14.6 Å². The molecule has 1 N–H and O–H groups in total. The molecular weight excluding hydrogens is 394 g/mol. The lowest BCUT2D eigenvalue weighted by Crippen LogP contribution is -2.33. The molecule has 1 atom stereocenters. The van der Waals surface area contributed by atoms with Crippen molar-refractivity contribution in [1.29, 1.82) is 0 Å². The Balaban J connectivity index is 2.77. The van der Waals surface area contributed by atoms with Gasteiger partial charge in [-0.15, -0.1) is 0 Å². The Morgan fingerprint density at radius 1 is 1.14 bits per heavy atom. The van der Waals surface area contributed by atoms with Crippen LogP contribution < -0.4 is 5.32 Å². The largest absolute Gasteiger partial charge is 0.463 e. The fraction of sp³-hybridized carbons (Fsp3) is 0.381. The molecule has 8 heteroatoms. The van der Waals surface area contributed by atoms with Crippen LogP contribution in [0.3, 0.4) is 0 Å². The molecule has 1 aliphatic rings. The van der Waals surface area contributed by atoms with Gasteiger partial charge < -0.3 is 19.7 Å². The second-order valence-corrected chi connectivity index (χ2v) is 6.94. The smallest absolute Gasteiger partial charge is 0.338 e. The van der Waals surface area contributed by atoms with Crippen molar-refractivity contribution in [1.82, 2.24) is 10.2 Å². The number of rotatable bonds is 7. The molecule has 1 aromatic carbocycles. The van der Waals surface area contributed by atoms with Gasteiger partial charge in [-0.05, 0) is 32.4 Å². The van der Waals surface area contributed by atoms with Crippen molar-refractivity contribution in [2.45, 2.75) is 26.7 Å². The van der Waals surface area contributed by atoms with Crippen LogP contribution in [0, 0.1) is 0 Å². The van der Waals surface area contributed by atoms with Crippen LogP contribution >= 0.6 is 11.6 Å². The Kier molecular flexibility index (Phi) is 7.84. The second kappa shape index (κ2) is 10.1. The maximum absolute atomic E-state index is 13.0. The molecule has 1 aromatic rings. The first-order valence-corrected chi connectivity index (χ1v) is 9.70. The van der Waals surface area contributed by atoms with E-state index in [0.717, 1.165) is 0 Å². The normalized spacial score (nSPS) is 16.7. The monoisotopic (exact) mass is 419 g/mol. The van der Waals surface area contributed by atoms with Gasteiger partial charge >= 0.3 is 11.9 Å². The summed E-state index contributed by atoms with van der Waals surface area (Å²) in [5, 5.41) is 3.48. The van der Waals surface area contributed by atoms with Crippen LogP contribution in [0.4, 0.5) is 0 Å². The van der Waals surface area contributed by atoms with Gasteiger partial charge in [-0.3, -0.25) is 0 Å². The molecule has 0 bridgehead atoms. The Hall–Kier alpha value is -2.80. The lowest BCUT2D eigenvalue weighted by molar-refractivity contribution is -0.139. The molecule has 1 aliphatic heterocycles. The molecule has 0 saturated carbocycles. The Bertz CT molecular complexity index is 874. The summed E-state index contributed by atoms with van der Waals surface area (Å²) in [5.74, 6) is -1.59. The number of carbonyl (C=O) groups is 2. The fourth-order valence-electron chi connectivity index (χ4n) is 3.01. The summed E-state index contributed by atoms with van der Waals surface area (Å²) in [7, 11) is 3.63. The van der Waals surface area contributed by atoms with Crippen LogP contribution in [-0.4, -0.2) is 50.5 Å². The average molecular weight is 420 g/mol. The first-order chi connectivity index (χ1) is 13.8. The van der Waals surface area contributed by atoms with E-state index in [1.54, 1.807) is 56.3 Å². The first-order valence-electron chi connectivity index (χ1n) is 9.32. The fourth-order valence-corrected chi connectivity index (χ4v) is 3.25. The minimum absolute atomic E-state index is 0.180. The second-order valence-electron chi connectivity index (χ2n) is 6.53. The van der Waals surface area contributed by atoms with E-state index in [1.807, 2.05) is 14.1 Å². The SMILES string of the molecule is CCOC(=O)C1=C(C)NC(N=CN(C)C)=C(C(=O)OCC)C1c1ccccc1Cl. The van der Waals surface area contributed by atoms with Crippen molar-refractivity contribution < 1.29 is 19.1 Å². The molecule has 2 rings (SSSR count). The van der Waals surface area contributed by atoms with Gasteiger partial charge in [0.25, 0.3) is 0 Å². The van der Waals surface area contributed by atoms with Crippen LogP contribution in [0.1, 0.15) is 32.3 Å². The number of benzene rings is 1. The van der Waals surface area contributed by atoms with E-state index in [2.05, 4.69) is 10.3 Å². The zero-order chi connectivity index (χ0) is 21.6. The van der Waals surface area contributed by atoms with E-state index >= 15 is 0 Å². The van der Waals surface area contributed by atoms with E-state index in [9.17, 15) is 9.59 Å². The van der Waals surface area contributed by atoms with Crippen LogP contribution in [0.5, 0.6) is 0 Å². The summed E-state index contributed by atoms with van der Waals surface area (Å²) in [6, 6.07) is 7.07. The molecule has 7 nitrogen and oxygen atoms in total. The number of aliphatic imine (C=N–C) groups is 1. The summed E-state index contributed by atoms with van der Waals surface area (Å²) >= 11 is 6.46. The van der Waals surface area contributed by atoms with Gasteiger partial charge in [0.15, 0.2) is 0 Å². The summed E-state index contributed by atoms with van der Waals surface area (Å²) in [6.07, 6.45) is 1.56. The topological polar surface area (TPSA) is 80.2 Å². The molecule has 0 aliphatic carbocycles. The summed E-state index contributed by atoms with van der Waals surface area (Å²) < 4.78 is 10.6. The predicted molar refractivity (Wildman–Crippen MR) is 112 cm³/mol. The average Bonchev–Trinajstić information content (AvgIpc) is 2.66. The van der Waals surface area contributed by atoms with E-state index < -0.39 is 17.9 Å². The van der Waals surface area contributed by atoms with E-state index in [0.29, 0.717) is 27.7 Å². The number of carbonyl (C=O) groups excluding carboxylic acids is 2. The highest BCUT2D eigenvalue weighted by Gasteiger charge is 2.40. The lowest BCUT2D eigenvalue weighted by atomic mass is 9.81. The van der Waals surface area contributed by atoms with Crippen LogP contribution in [0.15, 0.2) is 51.9 Å². The molecule has 1 unspecified atom stereocenters. The highest BCUT2D eigenvalue weighted by Crippen LogP contribution is 2.42. The van der Waals surface area contributed by atoms with Gasteiger partial charge in [0, 0.05) is 24.8 Å². The Morgan fingerprint density at radius 3 is 2.28 bits per heavy atom. The quantitative estimate of drug-likeness (QED) is 0.415. The number of nitrogens with one attached hydrogen (secondary N) is 1. The lowest BCUT2D eigenvalue weighted by Gasteiger charge is -2.30. The minimum Gasteiger partial charge on any atom is -0.463 e. The third kappa shape index (κ3) is 5.17. The van der Waals surface area contributed by atoms with E-state index in [4.69, 9.17) is 21.1 Å². The van der Waals surface area contributed by atoms with Crippen LogP contribution in [-0.2, 0) is 19.1 Å². The third-order valence-corrected chi connectivity index (χ3v) is 4.51. The minimum atomic E-state index is -0.780. The first kappa shape index (κ1) is 22.5. The number of hydrogen-bond donors (Lipinski definition) is 1. The van der Waals surface area contributed by atoms with Gasteiger partial charge in [0.2, 0.25) is 0 Å². The molecule has 29 heavy (non-hydrogen) atoms. The third-order valence-electron chi connectivity index (χ3n) is 4.17. The molecule has 0 spiro atoms. The van der Waals surface area contributed by atoms with Gasteiger partial charge in [-0.2, -0.15) is 0 Å². The number of allylic oxidation sites excluding steroid dienone is 1. The predicted octanol–water partition coefficient (Wildman–Crippen LogP) is 3.23. The van der Waals surface area contributed by atoms with E-state index in [-0.39, 0.29) is 18.8 Å². The molecular formula is C21H26ClN3O4. The summed E-state index contributed by atoms with van der Waals surface area (Å²) in [6.45, 7) is 5.57. The number of ether oxygens (including phenoxy) is 2. The molecule has 0 radical (unpaired) electrons. The number of dihydropyridines is 1. The number of nitrogens with zero attached hydrogens (tertiary/aromatic N) is 2. The Morgan fingerprint density at radius 2 is 1.72 bits per heavy atom. The van der Waals surface area contributed by atoms with Crippen molar-refractivity contribution in [2.75, 3.05) is 27.3 Å². The van der Waals surface area contributed by atoms with Crippen LogP contribution in [0.25, 0.3) is 0 Å². The Labute approximate surface area is 176 Å². The van der Waals surface area contributed by atoms with Crippen molar-refractivity contribution in [3.8, 4) is 0 Å². The summed E-state index contributed by atoms with van der Waals surface area (Å²) in [4.78, 5) is 31.9. The van der Waals surface area contributed by atoms with Crippen molar-refractivity contribution in [3.05, 3.63) is 57.5 Å². The number of halogens is 1. The molecule has 0 aromatic heterocycles. The highest BCUT2D eigenvalue weighted by atomic mass is 35.5. The number of hydrogen-bond acceptors (Lipinski definition) is 6. The van der Waals surface area contributed by atoms with Crippen molar-refractivity contribution in [2.24, 2.45) is 4.99 Å². The zero-order valence-corrected chi connectivity index (χ0v) is 18.0. The van der Waals surface area contributed by atoms with Gasteiger partial charge in [0.05, 0.1) is 36.6 Å². The maximum Gasteiger partial charge on any atom is 0.338 e. The van der Waals surface area contributed by atoms with Gasteiger partial charge in [0.1, 0.15) is 5.82 Å². The molecule has 1 heterocycles. The highest BCUT2D eigenvalue weighted by molar-refractivity contribution is 6.31. The standard InChI is InChI=1S/C21H26ClN3O4/c1-6-28-20(26)16-13(3)24-19(23-12-25(4)5)18(21(27)29-7-2)17(16)14-10-8-9-11-15(14)22/h8-12,17,24H,6-7H2,1-5H3.